The van der Waals surface area contributed by atoms with Gasteiger partial charge in [-0.2, -0.15) is 0 Å². The van der Waals surface area contributed by atoms with E-state index in [-0.39, 0.29) is 5.70 Å². The van der Waals surface area contributed by atoms with E-state index in [0.717, 1.165) is 40.5 Å². The molecule has 2 aliphatic heterocycles. The molecule has 8 heteroatoms. The molecule has 0 radical (unpaired) electrons. The van der Waals surface area contributed by atoms with E-state index in [0.29, 0.717) is 37.6 Å². The van der Waals surface area contributed by atoms with Gasteiger partial charge in [-0.25, -0.2) is 9.59 Å². The average Bonchev–Trinajstić information content (AvgIpc) is 2.75. The second-order valence-corrected chi connectivity index (χ2v) is 6.82. The number of aromatic nitrogens is 1. The number of aliphatic carboxylic acids is 2. The zero-order valence-corrected chi connectivity index (χ0v) is 14.6. The molecule has 3 heterocycles. The van der Waals surface area contributed by atoms with E-state index in [9.17, 15) is 14.7 Å². The van der Waals surface area contributed by atoms with Crippen molar-refractivity contribution >= 4 is 34.4 Å². The highest BCUT2D eigenvalue weighted by Gasteiger charge is 2.28. The van der Waals surface area contributed by atoms with Crippen molar-refractivity contribution in [3.8, 4) is 5.75 Å². The van der Waals surface area contributed by atoms with E-state index >= 15 is 0 Å². The molecule has 4 rings (SSSR count). The van der Waals surface area contributed by atoms with Crippen molar-refractivity contribution in [1.29, 1.82) is 0 Å². The first kappa shape index (κ1) is 16.8. The van der Waals surface area contributed by atoms with Gasteiger partial charge in [0.15, 0.2) is 0 Å². The van der Waals surface area contributed by atoms with Crippen LogP contribution < -0.4 is 4.74 Å². The van der Waals surface area contributed by atoms with Gasteiger partial charge in [-0.05, 0) is 18.1 Å². The normalized spacial score (nSPS) is 16.8. The second-order valence-electron chi connectivity index (χ2n) is 6.39. The number of carboxylic acid groups (broad SMARTS) is 2. The van der Waals surface area contributed by atoms with Gasteiger partial charge >= 0.3 is 11.9 Å². The van der Waals surface area contributed by atoms with Gasteiger partial charge in [0.2, 0.25) is 0 Å². The Hall–Kier alpha value is -2.67. The van der Waals surface area contributed by atoms with Crippen molar-refractivity contribution in [2.75, 3.05) is 19.7 Å². The molecule has 0 bridgehead atoms. The summed E-state index contributed by atoms with van der Waals surface area (Å²) < 4.78 is 7.98. The first-order valence-corrected chi connectivity index (χ1v) is 8.72. The number of carboxylic acids is 2. The number of fused-ring (bicyclic) bond motifs is 3. The predicted molar refractivity (Wildman–Crippen MR) is 94.8 cm³/mol. The molecular weight excluding hydrogens is 360 g/mol. The van der Waals surface area contributed by atoms with E-state index in [1.54, 1.807) is 4.90 Å². The maximum atomic E-state index is 11.5. The van der Waals surface area contributed by atoms with Crippen molar-refractivity contribution in [3.63, 3.8) is 0 Å². The van der Waals surface area contributed by atoms with Gasteiger partial charge < -0.3 is 24.4 Å². The standard InChI is InChI=1S/C18H17ClN2O5/c19-10-7-12-11-1-3-20(14(18(24)25)9-16(22)23)4-2-13(11)21-5-6-26-15(8-10)17(12)21/h7-9H,1-6H2,(H,22,23)(H,24,25). The zero-order chi connectivity index (χ0) is 18.4. The van der Waals surface area contributed by atoms with Crippen LogP contribution in [-0.2, 0) is 29.0 Å². The smallest absolute Gasteiger partial charge is 0.352 e. The highest BCUT2D eigenvalue weighted by Crippen LogP contribution is 2.39. The Morgan fingerprint density at radius 2 is 1.92 bits per heavy atom. The summed E-state index contributed by atoms with van der Waals surface area (Å²) in [6.07, 6.45) is 2.00. The van der Waals surface area contributed by atoms with Crippen molar-refractivity contribution < 1.29 is 24.5 Å². The van der Waals surface area contributed by atoms with Crippen LogP contribution in [-0.4, -0.2) is 51.3 Å². The maximum Gasteiger partial charge on any atom is 0.352 e. The number of ether oxygens (including phenoxy) is 1. The molecule has 0 aliphatic carbocycles. The van der Waals surface area contributed by atoms with E-state index in [1.807, 2.05) is 12.1 Å². The molecule has 2 aliphatic rings. The number of hydrogen-bond donors (Lipinski definition) is 2. The van der Waals surface area contributed by atoms with Crippen LogP contribution in [0.3, 0.4) is 0 Å². The fourth-order valence-electron chi connectivity index (χ4n) is 3.95. The minimum Gasteiger partial charge on any atom is -0.489 e. The molecule has 0 saturated heterocycles. The molecular formula is C18H17ClN2O5. The van der Waals surface area contributed by atoms with E-state index in [2.05, 4.69) is 4.57 Å². The zero-order valence-electron chi connectivity index (χ0n) is 13.9. The van der Waals surface area contributed by atoms with E-state index < -0.39 is 11.9 Å². The quantitative estimate of drug-likeness (QED) is 0.797. The van der Waals surface area contributed by atoms with Crippen LogP contribution in [0.5, 0.6) is 5.75 Å². The molecule has 0 spiro atoms. The number of hydrogen-bond acceptors (Lipinski definition) is 4. The average molecular weight is 377 g/mol. The van der Waals surface area contributed by atoms with Gasteiger partial charge in [-0.15, -0.1) is 0 Å². The molecule has 0 fully saturated rings. The van der Waals surface area contributed by atoms with E-state index in [4.69, 9.17) is 21.4 Å². The Labute approximate surface area is 154 Å². The first-order valence-electron chi connectivity index (χ1n) is 8.35. The van der Waals surface area contributed by atoms with Crippen molar-refractivity contribution in [2.45, 2.75) is 19.4 Å². The van der Waals surface area contributed by atoms with Crippen LogP contribution in [0.1, 0.15) is 11.3 Å². The molecule has 136 valence electrons. The Balaban J connectivity index is 1.76. The topological polar surface area (TPSA) is 92.0 Å². The fourth-order valence-corrected chi connectivity index (χ4v) is 4.16. The van der Waals surface area contributed by atoms with Crippen LogP contribution in [0.15, 0.2) is 23.9 Å². The number of nitrogens with zero attached hydrogens (tertiary/aromatic N) is 2. The molecule has 1 aromatic carbocycles. The second kappa shape index (κ2) is 6.25. The highest BCUT2D eigenvalue weighted by atomic mass is 35.5. The lowest BCUT2D eigenvalue weighted by molar-refractivity contribution is -0.136. The number of halogens is 1. The number of rotatable bonds is 3. The third-order valence-electron chi connectivity index (χ3n) is 4.95. The fraction of sp³-hybridized carbons (Fsp3) is 0.333. The minimum atomic E-state index is -1.26. The van der Waals surface area contributed by atoms with Crippen molar-refractivity contribution in [1.82, 2.24) is 9.47 Å². The van der Waals surface area contributed by atoms with Gasteiger partial charge in [0, 0.05) is 41.7 Å². The lowest BCUT2D eigenvalue weighted by atomic mass is 10.1. The van der Waals surface area contributed by atoms with Gasteiger partial charge in [0.25, 0.3) is 0 Å². The molecule has 0 amide bonds. The van der Waals surface area contributed by atoms with Gasteiger partial charge in [0.05, 0.1) is 18.1 Å². The molecule has 26 heavy (non-hydrogen) atoms. The minimum absolute atomic E-state index is 0.187. The number of benzene rings is 1. The molecule has 2 N–H and O–H groups in total. The lowest BCUT2D eigenvalue weighted by Gasteiger charge is -2.23. The van der Waals surface area contributed by atoms with Gasteiger partial charge in [-0.3, -0.25) is 0 Å². The Morgan fingerprint density at radius 3 is 2.65 bits per heavy atom. The lowest BCUT2D eigenvalue weighted by Crippen LogP contribution is -2.31. The van der Waals surface area contributed by atoms with Gasteiger partial charge in [-0.1, -0.05) is 11.6 Å². The van der Waals surface area contributed by atoms with Crippen LogP contribution >= 0.6 is 11.6 Å². The van der Waals surface area contributed by atoms with Gasteiger partial charge in [0.1, 0.15) is 18.1 Å². The number of carbonyl (C=O) groups is 2. The molecule has 7 nitrogen and oxygen atoms in total. The predicted octanol–water partition coefficient (Wildman–Crippen LogP) is 2.14. The third kappa shape index (κ3) is 2.68. The van der Waals surface area contributed by atoms with E-state index in [1.165, 1.54) is 0 Å². The summed E-state index contributed by atoms with van der Waals surface area (Å²) >= 11 is 6.25. The highest BCUT2D eigenvalue weighted by molar-refractivity contribution is 6.31. The van der Waals surface area contributed by atoms with Crippen molar-refractivity contribution in [2.24, 2.45) is 0 Å². The SMILES string of the molecule is O=C(O)C=C(C(=O)O)N1CCc2c(n3c4c(cc(Cl)cc24)OCC3)CC1. The molecule has 0 atom stereocenters. The Kier molecular flexibility index (Phi) is 4.03. The monoisotopic (exact) mass is 376 g/mol. The summed E-state index contributed by atoms with van der Waals surface area (Å²) in [6.45, 7) is 2.17. The molecule has 2 aromatic rings. The Bertz CT molecular complexity index is 962. The summed E-state index contributed by atoms with van der Waals surface area (Å²) in [4.78, 5) is 24.1. The largest absolute Gasteiger partial charge is 0.489 e. The summed E-state index contributed by atoms with van der Waals surface area (Å²) in [5, 5.41) is 20.0. The van der Waals surface area contributed by atoms with Crippen molar-refractivity contribution in [3.05, 3.63) is 40.2 Å². The third-order valence-corrected chi connectivity index (χ3v) is 5.17. The van der Waals surface area contributed by atoms with Crippen LogP contribution in [0.25, 0.3) is 10.9 Å². The van der Waals surface area contributed by atoms with Crippen LogP contribution in [0, 0.1) is 0 Å². The maximum absolute atomic E-state index is 11.5. The molecule has 1 aromatic heterocycles. The summed E-state index contributed by atoms with van der Waals surface area (Å²) in [5.74, 6) is -1.71. The summed E-state index contributed by atoms with van der Waals surface area (Å²) in [7, 11) is 0. The first-order chi connectivity index (χ1) is 12.5. The van der Waals surface area contributed by atoms with Crippen LogP contribution in [0.2, 0.25) is 5.02 Å². The summed E-state index contributed by atoms with van der Waals surface area (Å²) in [5.41, 5.74) is 3.14. The molecule has 0 unspecified atom stereocenters. The van der Waals surface area contributed by atoms with Crippen LogP contribution in [0.4, 0.5) is 0 Å². The Morgan fingerprint density at radius 1 is 1.15 bits per heavy atom. The molecule has 0 saturated carbocycles. The summed E-state index contributed by atoms with van der Waals surface area (Å²) in [6, 6.07) is 3.74.